The minimum Gasteiger partial charge on any atom is -0.485 e. The van der Waals surface area contributed by atoms with E-state index in [-0.39, 0.29) is 30.5 Å². The van der Waals surface area contributed by atoms with Crippen molar-refractivity contribution in [2.75, 3.05) is 11.9 Å². The quantitative estimate of drug-likeness (QED) is 0.543. The zero-order chi connectivity index (χ0) is 22.3. The first-order valence-electron chi connectivity index (χ1n) is 8.42. The molecule has 1 aliphatic rings. The van der Waals surface area contributed by atoms with Crippen LogP contribution in [0.25, 0.3) is 0 Å². The van der Waals surface area contributed by atoms with Crippen molar-refractivity contribution in [3.05, 3.63) is 58.4 Å². The Kier molecular flexibility index (Phi) is 5.48. The van der Waals surface area contributed by atoms with E-state index in [1.807, 2.05) is 0 Å². The standard InChI is InChI=1S/C19H12F7NO3/c20-14-7-15-9(1-2-17(29)27-15)3-13(14)16(28)8-30-12-5-10(18(21,22)23)4-11(6-12)19(24,25)26/h3-7H,1-2,8H2,(H,27,29). The van der Waals surface area contributed by atoms with Gasteiger partial charge in [0.2, 0.25) is 11.7 Å². The Labute approximate surface area is 164 Å². The van der Waals surface area contributed by atoms with Gasteiger partial charge in [-0.1, -0.05) is 0 Å². The van der Waals surface area contributed by atoms with Crippen LogP contribution in [0.1, 0.15) is 33.5 Å². The third-order valence-electron chi connectivity index (χ3n) is 4.32. The van der Waals surface area contributed by atoms with Crippen LogP contribution in [0.2, 0.25) is 0 Å². The van der Waals surface area contributed by atoms with Gasteiger partial charge in [-0.2, -0.15) is 26.3 Å². The van der Waals surface area contributed by atoms with Crippen molar-refractivity contribution in [3.63, 3.8) is 0 Å². The van der Waals surface area contributed by atoms with E-state index in [1.165, 1.54) is 6.07 Å². The SMILES string of the molecule is O=C1CCc2cc(C(=O)COc3cc(C(F)(F)F)cc(C(F)(F)F)c3)c(F)cc2N1. The Balaban J connectivity index is 1.83. The molecule has 0 fully saturated rings. The number of carbonyl (C=O) groups excluding carboxylic acids is 2. The van der Waals surface area contributed by atoms with Crippen molar-refractivity contribution in [1.82, 2.24) is 0 Å². The number of Topliss-reactive ketones (excluding diaryl/α,β-unsaturated/α-hetero) is 1. The summed E-state index contributed by atoms with van der Waals surface area (Å²) in [7, 11) is 0. The van der Waals surface area contributed by atoms with Crippen molar-refractivity contribution in [2.24, 2.45) is 0 Å². The van der Waals surface area contributed by atoms with Crippen LogP contribution in [-0.2, 0) is 23.6 Å². The molecule has 1 aliphatic heterocycles. The van der Waals surface area contributed by atoms with Crippen molar-refractivity contribution >= 4 is 17.4 Å². The lowest BCUT2D eigenvalue weighted by Gasteiger charge is -2.18. The maximum Gasteiger partial charge on any atom is 0.416 e. The van der Waals surface area contributed by atoms with Gasteiger partial charge in [0, 0.05) is 12.1 Å². The van der Waals surface area contributed by atoms with E-state index >= 15 is 0 Å². The Bertz CT molecular complexity index is 980. The molecule has 2 aromatic carbocycles. The van der Waals surface area contributed by atoms with Gasteiger partial charge in [0.1, 0.15) is 11.6 Å². The van der Waals surface area contributed by atoms with Crippen LogP contribution >= 0.6 is 0 Å². The average Bonchev–Trinajstić information content (AvgIpc) is 2.63. The summed E-state index contributed by atoms with van der Waals surface area (Å²) in [6, 6.07) is 2.66. The van der Waals surface area contributed by atoms with E-state index in [1.54, 1.807) is 0 Å². The van der Waals surface area contributed by atoms with Crippen LogP contribution in [0.15, 0.2) is 30.3 Å². The Hall–Kier alpha value is -3.11. The third kappa shape index (κ3) is 4.71. The van der Waals surface area contributed by atoms with Gasteiger partial charge in [-0.05, 0) is 42.3 Å². The van der Waals surface area contributed by atoms with E-state index in [2.05, 4.69) is 5.32 Å². The zero-order valence-electron chi connectivity index (χ0n) is 14.9. The Morgan fingerprint density at radius 3 is 2.10 bits per heavy atom. The molecule has 160 valence electrons. The van der Waals surface area contributed by atoms with Crippen LogP contribution in [0.3, 0.4) is 0 Å². The molecule has 0 aliphatic carbocycles. The first-order valence-corrected chi connectivity index (χ1v) is 8.42. The van der Waals surface area contributed by atoms with Gasteiger partial charge in [0.15, 0.2) is 6.61 Å². The van der Waals surface area contributed by atoms with Crippen molar-refractivity contribution in [3.8, 4) is 5.75 Å². The lowest BCUT2D eigenvalue weighted by atomic mass is 9.98. The maximum atomic E-state index is 14.2. The van der Waals surface area contributed by atoms with Crippen molar-refractivity contribution < 1.29 is 45.1 Å². The summed E-state index contributed by atoms with van der Waals surface area (Å²) in [6.45, 7) is -0.985. The summed E-state index contributed by atoms with van der Waals surface area (Å²) in [5, 5.41) is 2.43. The number of nitrogens with one attached hydrogen (secondary N) is 1. The molecule has 0 spiro atoms. The van der Waals surface area contributed by atoms with Crippen molar-refractivity contribution in [2.45, 2.75) is 25.2 Å². The molecule has 4 nitrogen and oxygen atoms in total. The fourth-order valence-corrected chi connectivity index (χ4v) is 2.85. The predicted octanol–water partition coefficient (Wildman–Crippen LogP) is 5.01. The molecule has 0 radical (unpaired) electrons. The third-order valence-corrected chi connectivity index (χ3v) is 4.32. The molecule has 3 rings (SSSR count). The normalized spacial score (nSPS) is 14.2. The number of ether oxygens (including phenoxy) is 1. The first kappa shape index (κ1) is 21.6. The summed E-state index contributed by atoms with van der Waals surface area (Å²) < 4.78 is 96.2. The molecular weight excluding hydrogens is 423 g/mol. The van der Waals surface area contributed by atoms with Gasteiger partial charge in [-0.3, -0.25) is 9.59 Å². The number of alkyl halides is 6. The minimum atomic E-state index is -5.07. The molecule has 0 bridgehead atoms. The van der Waals surface area contributed by atoms with Crippen LogP contribution < -0.4 is 10.1 Å². The fraction of sp³-hybridized carbons (Fsp3) is 0.263. The molecule has 0 aromatic heterocycles. The molecule has 0 saturated heterocycles. The summed E-state index contributed by atoms with van der Waals surface area (Å²) in [5.41, 5.74) is -2.99. The van der Waals surface area contributed by atoms with Crippen LogP contribution in [0.5, 0.6) is 5.75 Å². The number of ketones is 1. The molecular formula is C19H12F7NO3. The van der Waals surface area contributed by atoms with Gasteiger partial charge in [-0.15, -0.1) is 0 Å². The van der Waals surface area contributed by atoms with Gasteiger partial charge < -0.3 is 10.1 Å². The topological polar surface area (TPSA) is 55.4 Å². The van der Waals surface area contributed by atoms with Crippen LogP contribution in [0, 0.1) is 5.82 Å². The van der Waals surface area contributed by atoms with E-state index < -0.39 is 53.0 Å². The highest BCUT2D eigenvalue weighted by atomic mass is 19.4. The average molecular weight is 435 g/mol. The smallest absolute Gasteiger partial charge is 0.416 e. The molecule has 2 aromatic rings. The lowest BCUT2D eigenvalue weighted by Crippen LogP contribution is -2.21. The molecule has 1 amide bonds. The molecule has 30 heavy (non-hydrogen) atoms. The van der Waals surface area contributed by atoms with Crippen molar-refractivity contribution in [1.29, 1.82) is 0 Å². The molecule has 0 unspecified atom stereocenters. The second-order valence-corrected chi connectivity index (χ2v) is 6.49. The maximum absolute atomic E-state index is 14.2. The minimum absolute atomic E-state index is 0.0773. The Morgan fingerprint density at radius 1 is 0.933 bits per heavy atom. The number of hydrogen-bond donors (Lipinski definition) is 1. The predicted molar refractivity (Wildman–Crippen MR) is 89.6 cm³/mol. The Morgan fingerprint density at radius 2 is 1.53 bits per heavy atom. The summed E-state index contributed by atoms with van der Waals surface area (Å²) in [4.78, 5) is 23.6. The zero-order valence-corrected chi connectivity index (χ0v) is 14.9. The van der Waals surface area contributed by atoms with Gasteiger partial charge >= 0.3 is 12.4 Å². The highest BCUT2D eigenvalue weighted by molar-refractivity contribution is 6.00. The molecule has 11 heteroatoms. The van der Waals surface area contributed by atoms with E-state index in [4.69, 9.17) is 4.74 Å². The summed E-state index contributed by atoms with van der Waals surface area (Å²) in [5.74, 6) is -3.16. The number of benzene rings is 2. The number of hydrogen-bond acceptors (Lipinski definition) is 3. The molecule has 0 atom stereocenters. The summed E-state index contributed by atoms with van der Waals surface area (Å²) >= 11 is 0. The second kappa shape index (κ2) is 7.62. The molecule has 0 saturated carbocycles. The van der Waals surface area contributed by atoms with Gasteiger partial charge in [0.25, 0.3) is 0 Å². The van der Waals surface area contributed by atoms with Crippen LogP contribution in [0.4, 0.5) is 36.4 Å². The highest BCUT2D eigenvalue weighted by Crippen LogP contribution is 2.38. The highest BCUT2D eigenvalue weighted by Gasteiger charge is 2.37. The van der Waals surface area contributed by atoms with E-state index in [9.17, 15) is 40.3 Å². The number of fused-ring (bicyclic) bond motifs is 1. The molecule has 1 N–H and O–H groups in total. The fourth-order valence-electron chi connectivity index (χ4n) is 2.85. The van der Waals surface area contributed by atoms with Gasteiger partial charge in [-0.25, -0.2) is 4.39 Å². The first-order chi connectivity index (χ1) is 13.8. The number of anilines is 1. The number of aryl methyl sites for hydroxylation is 1. The lowest BCUT2D eigenvalue weighted by molar-refractivity contribution is -0.143. The summed E-state index contributed by atoms with van der Waals surface area (Å²) in [6.07, 6.45) is -9.78. The molecule has 1 heterocycles. The van der Waals surface area contributed by atoms with E-state index in [0.29, 0.717) is 17.7 Å². The largest absolute Gasteiger partial charge is 0.485 e. The second-order valence-electron chi connectivity index (χ2n) is 6.49. The van der Waals surface area contributed by atoms with Crippen LogP contribution in [-0.4, -0.2) is 18.3 Å². The van der Waals surface area contributed by atoms with Gasteiger partial charge in [0.05, 0.1) is 16.7 Å². The number of halogens is 7. The number of carbonyl (C=O) groups is 2. The number of rotatable bonds is 4. The number of amides is 1. The van der Waals surface area contributed by atoms with E-state index in [0.717, 1.165) is 6.07 Å². The monoisotopic (exact) mass is 435 g/mol.